The first-order valence-electron chi connectivity index (χ1n) is 8.92. The first kappa shape index (κ1) is 18.0. The molecule has 3 aromatic rings. The largest absolute Gasteiger partial charge is 0.497 e. The minimum absolute atomic E-state index is 0.273. The number of hydrogen-bond donors (Lipinski definition) is 0. The molecule has 0 spiro atoms. The van der Waals surface area contributed by atoms with Crippen molar-refractivity contribution in [2.45, 2.75) is 46.3 Å². The van der Waals surface area contributed by atoms with E-state index in [2.05, 4.69) is 4.98 Å². The zero-order chi connectivity index (χ0) is 18.7. The van der Waals surface area contributed by atoms with Crippen LogP contribution in [0.3, 0.4) is 0 Å². The van der Waals surface area contributed by atoms with Gasteiger partial charge in [-0.25, -0.2) is 9.78 Å². The number of hydrogen-bond acceptors (Lipinski definition) is 4. The Morgan fingerprint density at radius 2 is 1.65 bits per heavy atom. The fourth-order valence-corrected chi connectivity index (χ4v) is 3.13. The Bertz CT molecular complexity index is 1010. The maximum absolute atomic E-state index is 12.9. The highest BCUT2D eigenvalue weighted by Crippen LogP contribution is 2.14. The molecule has 0 fully saturated rings. The van der Waals surface area contributed by atoms with E-state index in [1.165, 1.54) is 4.57 Å². The van der Waals surface area contributed by atoms with E-state index in [9.17, 15) is 9.59 Å². The van der Waals surface area contributed by atoms with E-state index < -0.39 is 0 Å². The van der Waals surface area contributed by atoms with E-state index in [0.29, 0.717) is 30.8 Å². The summed E-state index contributed by atoms with van der Waals surface area (Å²) in [5, 5.41) is 0. The van der Waals surface area contributed by atoms with Crippen molar-refractivity contribution in [3.8, 4) is 5.75 Å². The maximum Gasteiger partial charge on any atom is 0.332 e. The predicted octanol–water partition coefficient (Wildman–Crippen LogP) is 2.24. The van der Waals surface area contributed by atoms with Gasteiger partial charge in [-0.2, -0.15) is 0 Å². The van der Waals surface area contributed by atoms with Gasteiger partial charge >= 0.3 is 5.69 Å². The van der Waals surface area contributed by atoms with Gasteiger partial charge in [0.15, 0.2) is 11.2 Å². The molecule has 0 radical (unpaired) electrons. The molecule has 0 saturated heterocycles. The van der Waals surface area contributed by atoms with Gasteiger partial charge in [-0.15, -0.1) is 0 Å². The minimum Gasteiger partial charge on any atom is -0.497 e. The standard InChI is InChI=1S/C19H24N4O3/c1-4-10-22-17-16(18(24)23(11-5-2)19(22)25)21(13-20-17)12-14-6-8-15(26-3)9-7-14/h6-9,13H,4-5,10-12H2,1-3H3. The summed E-state index contributed by atoms with van der Waals surface area (Å²) in [6, 6.07) is 7.68. The molecule has 138 valence electrons. The number of ether oxygens (including phenoxy) is 1. The Morgan fingerprint density at radius 1 is 1.00 bits per heavy atom. The van der Waals surface area contributed by atoms with Crippen LogP contribution < -0.4 is 16.0 Å². The van der Waals surface area contributed by atoms with Crippen LogP contribution >= 0.6 is 0 Å². The van der Waals surface area contributed by atoms with Gasteiger partial charge in [0.05, 0.1) is 13.4 Å². The topological polar surface area (TPSA) is 71.0 Å². The Hall–Kier alpha value is -2.83. The monoisotopic (exact) mass is 356 g/mol. The van der Waals surface area contributed by atoms with Crippen LogP contribution in [0, 0.1) is 0 Å². The van der Waals surface area contributed by atoms with Crippen molar-refractivity contribution in [1.82, 2.24) is 18.7 Å². The van der Waals surface area contributed by atoms with Crippen molar-refractivity contribution in [2.24, 2.45) is 0 Å². The molecule has 0 aliphatic rings. The second kappa shape index (κ2) is 7.59. The molecule has 0 atom stereocenters. The van der Waals surface area contributed by atoms with Gasteiger partial charge < -0.3 is 9.30 Å². The molecule has 7 nitrogen and oxygen atoms in total. The number of nitrogens with zero attached hydrogens (tertiary/aromatic N) is 4. The van der Waals surface area contributed by atoms with Crippen molar-refractivity contribution in [3.05, 3.63) is 57.0 Å². The van der Waals surface area contributed by atoms with Crippen molar-refractivity contribution in [3.63, 3.8) is 0 Å². The zero-order valence-electron chi connectivity index (χ0n) is 15.4. The summed E-state index contributed by atoms with van der Waals surface area (Å²) in [7, 11) is 1.63. The summed E-state index contributed by atoms with van der Waals surface area (Å²) in [6.45, 7) is 5.41. The van der Waals surface area contributed by atoms with E-state index in [0.717, 1.165) is 24.2 Å². The molecule has 0 bridgehead atoms. The van der Waals surface area contributed by atoms with Crippen molar-refractivity contribution < 1.29 is 4.74 Å². The van der Waals surface area contributed by atoms with Gasteiger partial charge in [0.25, 0.3) is 5.56 Å². The molecule has 1 aromatic carbocycles. The summed E-state index contributed by atoms with van der Waals surface area (Å²) in [4.78, 5) is 30.0. The van der Waals surface area contributed by atoms with Gasteiger partial charge in [0, 0.05) is 19.6 Å². The number of aromatic nitrogens is 4. The Morgan fingerprint density at radius 3 is 2.27 bits per heavy atom. The lowest BCUT2D eigenvalue weighted by Gasteiger charge is -2.11. The second-order valence-electron chi connectivity index (χ2n) is 6.28. The summed E-state index contributed by atoms with van der Waals surface area (Å²) in [5.74, 6) is 0.784. The molecule has 0 aliphatic heterocycles. The number of aryl methyl sites for hydroxylation is 1. The van der Waals surface area contributed by atoms with Crippen LogP contribution in [0.4, 0.5) is 0 Å². The molecule has 7 heteroatoms. The van der Waals surface area contributed by atoms with E-state index in [1.807, 2.05) is 42.7 Å². The fraction of sp³-hybridized carbons (Fsp3) is 0.421. The zero-order valence-corrected chi connectivity index (χ0v) is 15.4. The number of benzene rings is 1. The molecule has 2 heterocycles. The quantitative estimate of drug-likeness (QED) is 0.651. The number of fused-ring (bicyclic) bond motifs is 1. The Balaban J connectivity index is 2.14. The molecule has 3 rings (SSSR count). The second-order valence-corrected chi connectivity index (χ2v) is 6.28. The highest BCUT2D eigenvalue weighted by Gasteiger charge is 2.17. The smallest absolute Gasteiger partial charge is 0.332 e. The third-order valence-electron chi connectivity index (χ3n) is 4.39. The fourth-order valence-electron chi connectivity index (χ4n) is 3.13. The van der Waals surface area contributed by atoms with Crippen LogP contribution in [-0.4, -0.2) is 25.8 Å². The molecule has 0 amide bonds. The molecule has 0 unspecified atom stereocenters. The lowest BCUT2D eigenvalue weighted by atomic mass is 10.2. The summed E-state index contributed by atoms with van der Waals surface area (Å²) < 4.78 is 9.93. The van der Waals surface area contributed by atoms with Crippen LogP contribution in [0.5, 0.6) is 5.75 Å². The van der Waals surface area contributed by atoms with E-state index >= 15 is 0 Å². The average Bonchev–Trinajstić information content (AvgIpc) is 3.06. The third kappa shape index (κ3) is 3.16. The highest BCUT2D eigenvalue weighted by atomic mass is 16.5. The van der Waals surface area contributed by atoms with Crippen LogP contribution in [0.1, 0.15) is 32.3 Å². The van der Waals surface area contributed by atoms with Crippen LogP contribution in [0.25, 0.3) is 11.2 Å². The van der Waals surface area contributed by atoms with Crippen LogP contribution in [0.2, 0.25) is 0 Å². The molecule has 0 saturated carbocycles. The maximum atomic E-state index is 12.9. The third-order valence-corrected chi connectivity index (χ3v) is 4.39. The molecule has 2 aromatic heterocycles. The Labute approximate surface area is 151 Å². The molecular weight excluding hydrogens is 332 g/mol. The highest BCUT2D eigenvalue weighted by molar-refractivity contribution is 5.70. The SMILES string of the molecule is CCCn1c(=O)c2c(ncn2Cc2ccc(OC)cc2)n(CCC)c1=O. The minimum atomic E-state index is -0.277. The first-order chi connectivity index (χ1) is 12.6. The van der Waals surface area contributed by atoms with Crippen molar-refractivity contribution in [1.29, 1.82) is 0 Å². The van der Waals surface area contributed by atoms with Gasteiger partial charge in [-0.05, 0) is 30.5 Å². The van der Waals surface area contributed by atoms with Crippen LogP contribution in [0.15, 0.2) is 40.2 Å². The molecule has 26 heavy (non-hydrogen) atoms. The predicted molar refractivity (Wildman–Crippen MR) is 101 cm³/mol. The number of rotatable bonds is 7. The summed E-state index contributed by atoms with van der Waals surface area (Å²) in [6.07, 6.45) is 3.16. The van der Waals surface area contributed by atoms with E-state index in [-0.39, 0.29) is 11.2 Å². The van der Waals surface area contributed by atoms with E-state index in [4.69, 9.17) is 4.74 Å². The summed E-state index contributed by atoms with van der Waals surface area (Å²) >= 11 is 0. The lowest BCUT2D eigenvalue weighted by Crippen LogP contribution is -2.40. The van der Waals surface area contributed by atoms with Gasteiger partial charge in [-0.3, -0.25) is 13.9 Å². The average molecular weight is 356 g/mol. The van der Waals surface area contributed by atoms with Crippen molar-refractivity contribution >= 4 is 11.2 Å². The number of methoxy groups -OCH3 is 1. The lowest BCUT2D eigenvalue weighted by molar-refractivity contribution is 0.414. The summed E-state index contributed by atoms with van der Waals surface area (Å²) in [5.41, 5.74) is 1.41. The molecule has 0 N–H and O–H groups in total. The van der Waals surface area contributed by atoms with E-state index in [1.54, 1.807) is 18.0 Å². The Kier molecular flexibility index (Phi) is 5.25. The normalized spacial score (nSPS) is 11.2. The van der Waals surface area contributed by atoms with Gasteiger partial charge in [-0.1, -0.05) is 26.0 Å². The van der Waals surface area contributed by atoms with Crippen molar-refractivity contribution in [2.75, 3.05) is 7.11 Å². The van der Waals surface area contributed by atoms with Crippen LogP contribution in [-0.2, 0) is 19.6 Å². The number of imidazole rings is 1. The van der Waals surface area contributed by atoms with Gasteiger partial charge in [0.1, 0.15) is 5.75 Å². The molecular formula is C19H24N4O3. The van der Waals surface area contributed by atoms with Gasteiger partial charge in [0.2, 0.25) is 0 Å². The molecule has 0 aliphatic carbocycles. The first-order valence-corrected chi connectivity index (χ1v) is 8.92.